The van der Waals surface area contributed by atoms with E-state index in [1.54, 1.807) is 0 Å². The molecule has 0 aliphatic carbocycles. The summed E-state index contributed by atoms with van der Waals surface area (Å²) in [5.41, 5.74) is 5.05. The van der Waals surface area contributed by atoms with E-state index in [1.807, 2.05) is 0 Å². The number of rotatable bonds is 0. The zero-order valence-electron chi connectivity index (χ0n) is 3.46. The maximum atomic E-state index is 5.05. The molecular formula is C2H5BrN4. The third-order valence-electron chi connectivity index (χ3n) is 0.434. The normalized spacial score (nSPS) is 7.43. The second-order valence-electron chi connectivity index (χ2n) is 0.871. The summed E-state index contributed by atoms with van der Waals surface area (Å²) in [6.45, 7) is 0. The Kier molecular flexibility index (Phi) is 2.36. The van der Waals surface area contributed by atoms with Gasteiger partial charge in [-0.15, -0.1) is 17.0 Å². The Hall–Kier alpha value is -0.580. The molecule has 40 valence electrons. The number of anilines is 1. The van der Waals surface area contributed by atoms with Crippen molar-refractivity contribution >= 4 is 22.9 Å². The van der Waals surface area contributed by atoms with Gasteiger partial charge in [-0.2, -0.15) is 5.10 Å². The molecule has 3 N–H and O–H groups in total. The molecule has 0 bridgehead atoms. The van der Waals surface area contributed by atoms with Gasteiger partial charge in [-0.1, -0.05) is 0 Å². The summed E-state index contributed by atoms with van der Waals surface area (Å²) in [6.07, 6.45) is 1.36. The van der Waals surface area contributed by atoms with Gasteiger partial charge in [0.25, 0.3) is 0 Å². The van der Waals surface area contributed by atoms with E-state index in [1.165, 1.54) is 6.33 Å². The summed E-state index contributed by atoms with van der Waals surface area (Å²) in [4.78, 5) is 3.53. The molecule has 7 heavy (non-hydrogen) atoms. The van der Waals surface area contributed by atoms with E-state index in [9.17, 15) is 0 Å². The number of nitrogen functional groups attached to an aromatic ring is 1. The number of aromatic amines is 1. The van der Waals surface area contributed by atoms with Crippen LogP contribution in [0.3, 0.4) is 0 Å². The maximum Gasteiger partial charge on any atom is 0.215 e. The number of H-pyrrole nitrogens is 1. The van der Waals surface area contributed by atoms with Gasteiger partial charge < -0.3 is 5.73 Å². The first kappa shape index (κ1) is 6.42. The standard InChI is InChI=1S/C2H4N4.BrH/c3-2-4-1-5-6-2;/h1H,(H3,3,4,5,6);1H. The molecule has 5 heteroatoms. The zero-order valence-corrected chi connectivity index (χ0v) is 5.17. The molecule has 1 aromatic rings. The van der Waals surface area contributed by atoms with Crippen molar-refractivity contribution in [3.8, 4) is 0 Å². The Morgan fingerprint density at radius 2 is 2.43 bits per heavy atom. The highest BCUT2D eigenvalue weighted by Gasteiger charge is 1.75. The quantitative estimate of drug-likeness (QED) is 0.566. The van der Waals surface area contributed by atoms with E-state index in [0.717, 1.165) is 0 Å². The largest absolute Gasteiger partial charge is 0.368 e. The van der Waals surface area contributed by atoms with E-state index >= 15 is 0 Å². The Labute approximate surface area is 50.9 Å². The van der Waals surface area contributed by atoms with E-state index in [0.29, 0.717) is 5.95 Å². The Morgan fingerprint density at radius 3 is 2.57 bits per heavy atom. The molecule has 0 atom stereocenters. The monoisotopic (exact) mass is 164 g/mol. The highest BCUT2D eigenvalue weighted by molar-refractivity contribution is 8.93. The number of hydrogen-bond donors (Lipinski definition) is 2. The molecule has 1 rings (SSSR count). The van der Waals surface area contributed by atoms with Crippen molar-refractivity contribution in [2.45, 2.75) is 0 Å². The number of halogens is 1. The second kappa shape index (κ2) is 2.57. The van der Waals surface area contributed by atoms with Gasteiger partial charge in [-0.3, -0.25) is 0 Å². The van der Waals surface area contributed by atoms with Gasteiger partial charge in [0.15, 0.2) is 0 Å². The lowest BCUT2D eigenvalue weighted by atomic mass is 11.1. The lowest BCUT2D eigenvalue weighted by Crippen LogP contribution is -1.84. The lowest BCUT2D eigenvalue weighted by molar-refractivity contribution is 1.10. The molecule has 0 spiro atoms. The van der Waals surface area contributed by atoms with Crippen LogP contribution in [0.2, 0.25) is 0 Å². The van der Waals surface area contributed by atoms with Crippen molar-refractivity contribution in [3.05, 3.63) is 6.33 Å². The van der Waals surface area contributed by atoms with Crippen molar-refractivity contribution in [2.75, 3.05) is 5.73 Å². The van der Waals surface area contributed by atoms with Gasteiger partial charge >= 0.3 is 0 Å². The molecule has 0 aliphatic heterocycles. The van der Waals surface area contributed by atoms with Gasteiger partial charge in [0.2, 0.25) is 5.95 Å². The molecule has 0 unspecified atom stereocenters. The fourth-order valence-electron chi connectivity index (χ4n) is 0.215. The maximum absolute atomic E-state index is 5.05. The van der Waals surface area contributed by atoms with E-state index in [2.05, 4.69) is 15.2 Å². The summed E-state index contributed by atoms with van der Waals surface area (Å²) in [7, 11) is 0. The SMILES string of the molecule is Br.Nc1ncn[nH]1. The number of nitrogens with zero attached hydrogens (tertiary/aromatic N) is 2. The molecule has 1 aromatic heterocycles. The van der Waals surface area contributed by atoms with Crippen LogP contribution in [-0.2, 0) is 0 Å². The summed E-state index contributed by atoms with van der Waals surface area (Å²) in [5, 5.41) is 5.88. The average molecular weight is 165 g/mol. The van der Waals surface area contributed by atoms with Crippen molar-refractivity contribution in [1.29, 1.82) is 0 Å². The van der Waals surface area contributed by atoms with Crippen LogP contribution >= 0.6 is 17.0 Å². The third-order valence-corrected chi connectivity index (χ3v) is 0.434. The lowest BCUT2D eigenvalue weighted by Gasteiger charge is -1.68. The Morgan fingerprint density at radius 1 is 1.71 bits per heavy atom. The first-order chi connectivity index (χ1) is 2.89. The number of nitrogens with one attached hydrogen (secondary N) is 1. The fourth-order valence-corrected chi connectivity index (χ4v) is 0.215. The number of aromatic nitrogens is 3. The van der Waals surface area contributed by atoms with Crippen LogP contribution in [0, 0.1) is 0 Å². The van der Waals surface area contributed by atoms with Crippen LogP contribution in [0.25, 0.3) is 0 Å². The van der Waals surface area contributed by atoms with E-state index < -0.39 is 0 Å². The van der Waals surface area contributed by atoms with Crippen LogP contribution in [0.5, 0.6) is 0 Å². The van der Waals surface area contributed by atoms with Crippen LogP contribution in [-0.4, -0.2) is 15.2 Å². The molecule has 0 radical (unpaired) electrons. The minimum atomic E-state index is 0. The van der Waals surface area contributed by atoms with Crippen molar-refractivity contribution < 1.29 is 0 Å². The third kappa shape index (κ3) is 1.54. The molecule has 0 aliphatic rings. The van der Waals surface area contributed by atoms with Crippen LogP contribution in [0.1, 0.15) is 0 Å². The van der Waals surface area contributed by atoms with Gasteiger partial charge in [0, 0.05) is 0 Å². The van der Waals surface area contributed by atoms with Crippen molar-refractivity contribution in [2.24, 2.45) is 0 Å². The Balaban J connectivity index is 0.000000360. The molecule has 0 saturated carbocycles. The van der Waals surface area contributed by atoms with Gasteiger partial charge in [-0.25, -0.2) is 10.1 Å². The summed E-state index contributed by atoms with van der Waals surface area (Å²) < 4.78 is 0. The van der Waals surface area contributed by atoms with Crippen LogP contribution in [0.4, 0.5) is 5.95 Å². The van der Waals surface area contributed by atoms with Gasteiger partial charge in [0.1, 0.15) is 6.33 Å². The predicted molar refractivity (Wildman–Crippen MR) is 31.1 cm³/mol. The van der Waals surface area contributed by atoms with Gasteiger partial charge in [0.05, 0.1) is 0 Å². The first-order valence-corrected chi connectivity index (χ1v) is 1.50. The summed E-state index contributed by atoms with van der Waals surface area (Å²) in [5.74, 6) is 0.356. The molecule has 0 fully saturated rings. The van der Waals surface area contributed by atoms with Crippen LogP contribution < -0.4 is 5.73 Å². The minimum Gasteiger partial charge on any atom is -0.368 e. The van der Waals surface area contributed by atoms with Crippen molar-refractivity contribution in [1.82, 2.24) is 15.2 Å². The molecule has 0 saturated heterocycles. The Bertz CT molecular complexity index is 113. The zero-order chi connectivity index (χ0) is 4.41. The number of hydrogen-bond acceptors (Lipinski definition) is 3. The molecule has 0 amide bonds. The van der Waals surface area contributed by atoms with E-state index in [-0.39, 0.29) is 17.0 Å². The molecule has 4 nitrogen and oxygen atoms in total. The fraction of sp³-hybridized carbons (Fsp3) is 0. The number of nitrogens with two attached hydrogens (primary N) is 1. The van der Waals surface area contributed by atoms with Crippen molar-refractivity contribution in [3.63, 3.8) is 0 Å². The average Bonchev–Trinajstić information content (AvgIpc) is 1.86. The van der Waals surface area contributed by atoms with E-state index in [4.69, 9.17) is 5.73 Å². The van der Waals surface area contributed by atoms with Crippen LogP contribution in [0.15, 0.2) is 6.33 Å². The molecule has 1 heterocycles. The van der Waals surface area contributed by atoms with Gasteiger partial charge in [-0.05, 0) is 0 Å². The summed E-state index contributed by atoms with van der Waals surface area (Å²) >= 11 is 0. The highest BCUT2D eigenvalue weighted by atomic mass is 79.9. The topological polar surface area (TPSA) is 67.6 Å². The highest BCUT2D eigenvalue weighted by Crippen LogP contribution is 1.76. The second-order valence-corrected chi connectivity index (χ2v) is 0.871. The minimum absolute atomic E-state index is 0. The molecular weight excluding hydrogens is 160 g/mol. The molecule has 0 aromatic carbocycles. The predicted octanol–water partition coefficient (Wildman–Crippen LogP) is -0.0352. The summed E-state index contributed by atoms with van der Waals surface area (Å²) in [6, 6.07) is 0. The first-order valence-electron chi connectivity index (χ1n) is 1.50. The smallest absolute Gasteiger partial charge is 0.215 e.